The van der Waals surface area contributed by atoms with E-state index in [1.165, 1.54) is 0 Å². The van der Waals surface area contributed by atoms with E-state index >= 15 is 0 Å². The molecule has 12 heavy (non-hydrogen) atoms. The summed E-state index contributed by atoms with van der Waals surface area (Å²) in [7, 11) is 0. The van der Waals surface area contributed by atoms with Gasteiger partial charge in [-0.2, -0.15) is 0 Å². The second-order valence-corrected chi connectivity index (χ2v) is 2.08. The molecule has 60 valence electrons. The van der Waals surface area contributed by atoms with Gasteiger partial charge >= 0.3 is 0 Å². The monoisotopic (exact) mass is 166 g/mol. The lowest BCUT2D eigenvalue weighted by Gasteiger charge is -1.98. The summed E-state index contributed by atoms with van der Waals surface area (Å²) >= 11 is 0. The van der Waals surface area contributed by atoms with E-state index in [1.54, 1.807) is 0 Å². The van der Waals surface area contributed by atoms with Gasteiger partial charge in [0.1, 0.15) is 5.82 Å². The number of rotatable bonds is 1. The third kappa shape index (κ3) is 1.19. The maximum atomic E-state index is 12.9. The fourth-order valence-electron chi connectivity index (χ4n) is 0.789. The number of carbonyl (C=O) groups excluding carboxylic acids is 1. The lowest BCUT2D eigenvalue weighted by molar-refractivity contribution is 0.111. The van der Waals surface area contributed by atoms with Crippen LogP contribution in [0.5, 0.6) is 0 Å². The van der Waals surface area contributed by atoms with Gasteiger partial charge in [-0.1, -0.05) is 5.92 Å². The number of terminal acetylenes is 1. The fraction of sp³-hybridized carbons (Fsp3) is 0. The summed E-state index contributed by atoms with van der Waals surface area (Å²) in [5.41, 5.74) is -0.732. The Balaban J connectivity index is 3.46. The smallest absolute Gasteiger partial charge is 0.156 e. The van der Waals surface area contributed by atoms with Crippen LogP contribution in [0.2, 0.25) is 0 Å². The van der Waals surface area contributed by atoms with Crippen molar-refractivity contribution < 1.29 is 13.6 Å². The summed E-state index contributed by atoms with van der Waals surface area (Å²) < 4.78 is 25.5. The average Bonchev–Trinajstić information content (AvgIpc) is 2.06. The number of benzene rings is 1. The van der Waals surface area contributed by atoms with Crippen LogP contribution in [0.1, 0.15) is 15.9 Å². The molecule has 0 spiro atoms. The molecular weight excluding hydrogens is 162 g/mol. The quantitative estimate of drug-likeness (QED) is 0.459. The lowest BCUT2D eigenvalue weighted by atomic mass is 10.1. The minimum Gasteiger partial charge on any atom is -0.298 e. The van der Waals surface area contributed by atoms with Gasteiger partial charge in [-0.25, -0.2) is 8.78 Å². The maximum Gasteiger partial charge on any atom is 0.156 e. The molecule has 0 radical (unpaired) electrons. The zero-order chi connectivity index (χ0) is 9.14. The van der Waals surface area contributed by atoms with E-state index < -0.39 is 17.2 Å². The maximum absolute atomic E-state index is 12.9. The van der Waals surface area contributed by atoms with Gasteiger partial charge in [-0.15, -0.1) is 6.42 Å². The Morgan fingerprint density at radius 3 is 2.58 bits per heavy atom. The molecule has 1 aromatic carbocycles. The van der Waals surface area contributed by atoms with Crippen molar-refractivity contribution in [2.24, 2.45) is 0 Å². The molecule has 1 nitrogen and oxygen atoms in total. The third-order valence-corrected chi connectivity index (χ3v) is 1.40. The van der Waals surface area contributed by atoms with Crippen LogP contribution in [0.3, 0.4) is 0 Å². The number of hydrogen-bond donors (Lipinski definition) is 0. The van der Waals surface area contributed by atoms with E-state index in [0.29, 0.717) is 0 Å². The molecular formula is C9H4F2O. The number of aldehydes is 1. The van der Waals surface area contributed by atoms with Gasteiger partial charge in [-0.3, -0.25) is 4.79 Å². The Bertz CT molecular complexity index is 364. The van der Waals surface area contributed by atoms with E-state index in [-0.39, 0.29) is 11.8 Å². The lowest BCUT2D eigenvalue weighted by Crippen LogP contribution is -1.96. The van der Waals surface area contributed by atoms with Crippen molar-refractivity contribution in [1.82, 2.24) is 0 Å². The van der Waals surface area contributed by atoms with Gasteiger partial charge in [0.05, 0.1) is 11.1 Å². The molecule has 0 aliphatic carbocycles. The molecule has 0 bridgehead atoms. The van der Waals surface area contributed by atoms with E-state index in [2.05, 4.69) is 0 Å². The van der Waals surface area contributed by atoms with E-state index in [0.717, 1.165) is 12.1 Å². The first kappa shape index (κ1) is 8.41. The second-order valence-electron chi connectivity index (χ2n) is 2.08. The summed E-state index contributed by atoms with van der Waals surface area (Å²) in [6, 6.07) is 2.07. The highest BCUT2D eigenvalue weighted by Gasteiger charge is 2.10. The first-order valence-electron chi connectivity index (χ1n) is 3.10. The standard InChI is InChI=1S/C9H4F2O/c1-2-6-3-4-8(10)7(5-12)9(6)11/h1,3-5H. The van der Waals surface area contributed by atoms with Crippen molar-refractivity contribution in [3.05, 3.63) is 34.9 Å². The predicted octanol–water partition coefficient (Wildman–Crippen LogP) is 1.76. The van der Waals surface area contributed by atoms with Crippen molar-refractivity contribution in [2.75, 3.05) is 0 Å². The molecule has 3 heteroatoms. The highest BCUT2D eigenvalue weighted by atomic mass is 19.1. The Morgan fingerprint density at radius 1 is 1.42 bits per heavy atom. The minimum atomic E-state index is -0.979. The van der Waals surface area contributed by atoms with Crippen LogP contribution in [-0.2, 0) is 0 Å². The molecule has 0 fully saturated rings. The van der Waals surface area contributed by atoms with Gasteiger partial charge in [-0.05, 0) is 12.1 Å². The Kier molecular flexibility index (Phi) is 2.20. The molecule has 1 rings (SSSR count). The second kappa shape index (κ2) is 3.14. The summed E-state index contributed by atoms with van der Waals surface area (Å²) in [4.78, 5) is 10.2. The Hall–Kier alpha value is -1.69. The van der Waals surface area contributed by atoms with Crippen molar-refractivity contribution in [1.29, 1.82) is 0 Å². The fourth-order valence-corrected chi connectivity index (χ4v) is 0.789. The zero-order valence-electron chi connectivity index (χ0n) is 5.97. The first-order chi connectivity index (χ1) is 5.70. The summed E-state index contributed by atoms with van der Waals surface area (Å²) in [6.45, 7) is 0. The number of halogens is 2. The van der Waals surface area contributed by atoms with Crippen LogP contribution in [0.15, 0.2) is 12.1 Å². The van der Waals surface area contributed by atoms with E-state index in [9.17, 15) is 13.6 Å². The molecule has 0 atom stereocenters. The largest absolute Gasteiger partial charge is 0.298 e. The van der Waals surface area contributed by atoms with Crippen molar-refractivity contribution in [3.63, 3.8) is 0 Å². The van der Waals surface area contributed by atoms with Crippen LogP contribution in [0.4, 0.5) is 8.78 Å². The predicted molar refractivity (Wildman–Crippen MR) is 39.7 cm³/mol. The van der Waals surface area contributed by atoms with Gasteiger partial charge in [0, 0.05) is 0 Å². The molecule has 0 saturated heterocycles. The first-order valence-corrected chi connectivity index (χ1v) is 3.10. The molecule has 0 saturated carbocycles. The van der Waals surface area contributed by atoms with Gasteiger partial charge in [0.25, 0.3) is 0 Å². The van der Waals surface area contributed by atoms with Gasteiger partial charge in [0.2, 0.25) is 0 Å². The summed E-state index contributed by atoms with van der Waals surface area (Å²) in [5, 5.41) is 0. The van der Waals surface area contributed by atoms with Crippen molar-refractivity contribution >= 4 is 6.29 Å². The van der Waals surface area contributed by atoms with Crippen LogP contribution in [0, 0.1) is 24.0 Å². The molecule has 0 N–H and O–H groups in total. The van der Waals surface area contributed by atoms with Crippen LogP contribution in [0.25, 0.3) is 0 Å². The topological polar surface area (TPSA) is 17.1 Å². The Morgan fingerprint density at radius 2 is 2.08 bits per heavy atom. The highest BCUT2D eigenvalue weighted by molar-refractivity contribution is 5.76. The zero-order valence-corrected chi connectivity index (χ0v) is 5.97. The Labute approximate surface area is 68.0 Å². The SMILES string of the molecule is C#Cc1ccc(F)c(C=O)c1F. The number of carbonyl (C=O) groups is 1. The van der Waals surface area contributed by atoms with Gasteiger partial charge < -0.3 is 0 Å². The molecule has 0 aliphatic rings. The van der Waals surface area contributed by atoms with Gasteiger partial charge in [0.15, 0.2) is 12.1 Å². The van der Waals surface area contributed by atoms with E-state index in [1.807, 2.05) is 5.92 Å². The van der Waals surface area contributed by atoms with Crippen LogP contribution < -0.4 is 0 Å². The minimum absolute atomic E-state index is 0.103. The molecule has 0 amide bonds. The summed E-state index contributed by atoms with van der Waals surface area (Å²) in [5.74, 6) is 0.116. The normalized spacial score (nSPS) is 9.08. The van der Waals surface area contributed by atoms with Crippen molar-refractivity contribution in [2.45, 2.75) is 0 Å². The number of hydrogen-bond acceptors (Lipinski definition) is 1. The molecule has 0 unspecified atom stereocenters. The van der Waals surface area contributed by atoms with Crippen LogP contribution >= 0.6 is 0 Å². The molecule has 0 aliphatic heterocycles. The third-order valence-electron chi connectivity index (χ3n) is 1.40. The molecule has 0 aromatic heterocycles. The molecule has 0 heterocycles. The molecule has 1 aromatic rings. The van der Waals surface area contributed by atoms with E-state index in [4.69, 9.17) is 6.42 Å². The van der Waals surface area contributed by atoms with Crippen LogP contribution in [-0.4, -0.2) is 6.29 Å². The highest BCUT2D eigenvalue weighted by Crippen LogP contribution is 2.13. The summed E-state index contributed by atoms with van der Waals surface area (Å²) in [6.07, 6.45) is 5.00. The van der Waals surface area contributed by atoms with Crippen molar-refractivity contribution in [3.8, 4) is 12.3 Å². The average molecular weight is 166 g/mol.